The number of hydrogen-bond acceptors (Lipinski definition) is 4. The van der Waals surface area contributed by atoms with Crippen molar-refractivity contribution in [2.75, 3.05) is 25.0 Å². The number of hydrogen-bond donors (Lipinski definition) is 2. The first-order valence-corrected chi connectivity index (χ1v) is 9.36. The first kappa shape index (κ1) is 19.2. The number of amides is 1. The predicted octanol–water partition coefficient (Wildman–Crippen LogP) is 2.83. The number of rotatable bonds is 7. The molecule has 8 heteroatoms. The molecule has 2 N–H and O–H groups in total. The number of ether oxygens (including phenoxy) is 1. The van der Waals surface area contributed by atoms with Gasteiger partial charge in [-0.25, -0.2) is 8.42 Å². The second-order valence-electron chi connectivity index (χ2n) is 5.31. The lowest BCUT2D eigenvalue weighted by Crippen LogP contribution is -2.28. The van der Waals surface area contributed by atoms with Gasteiger partial charge < -0.3 is 10.1 Å². The Kier molecular flexibility index (Phi) is 6.41. The molecule has 0 saturated heterocycles. The van der Waals surface area contributed by atoms with Crippen molar-refractivity contribution in [1.29, 1.82) is 0 Å². The number of sulfonamides is 1. The lowest BCUT2D eigenvalue weighted by Gasteiger charge is -2.14. The number of benzene rings is 2. The fraction of sp³-hybridized carbons (Fsp3) is 0.235. The summed E-state index contributed by atoms with van der Waals surface area (Å²) in [5.74, 6) is -0.420. The van der Waals surface area contributed by atoms with Gasteiger partial charge in [-0.2, -0.15) is 0 Å². The summed E-state index contributed by atoms with van der Waals surface area (Å²) in [6.45, 7) is 2.36. The lowest BCUT2D eigenvalue weighted by molar-refractivity contribution is 0.0938. The number of methoxy groups -OCH3 is 1. The molecule has 0 saturated carbocycles. The number of anilines is 1. The number of halogens is 1. The van der Waals surface area contributed by atoms with Crippen molar-refractivity contribution in [3.8, 4) is 0 Å². The summed E-state index contributed by atoms with van der Waals surface area (Å²) in [5.41, 5.74) is 0.895. The maximum absolute atomic E-state index is 12.7. The first-order chi connectivity index (χ1) is 11.8. The summed E-state index contributed by atoms with van der Waals surface area (Å²) >= 11 is 5.97. The molecule has 0 aromatic heterocycles. The fourth-order valence-electron chi connectivity index (χ4n) is 2.22. The van der Waals surface area contributed by atoms with Crippen molar-refractivity contribution in [2.45, 2.75) is 11.8 Å². The van der Waals surface area contributed by atoms with Crippen LogP contribution in [0.5, 0.6) is 0 Å². The zero-order chi connectivity index (χ0) is 18.4. The Morgan fingerprint density at radius 3 is 2.60 bits per heavy atom. The van der Waals surface area contributed by atoms with Gasteiger partial charge in [0.1, 0.15) is 0 Å². The van der Waals surface area contributed by atoms with Crippen LogP contribution in [0.25, 0.3) is 0 Å². The monoisotopic (exact) mass is 382 g/mol. The standard InChI is InChI=1S/C17H19ClN2O4S/c1-12-5-3-4-6-16(12)25(22,23)20-15-11-13(18)7-8-14(15)17(21)19-9-10-24-2/h3-8,11,20H,9-10H2,1-2H3,(H,19,21). The predicted molar refractivity (Wildman–Crippen MR) is 97.6 cm³/mol. The number of nitrogens with one attached hydrogen (secondary N) is 2. The normalized spacial score (nSPS) is 11.2. The van der Waals surface area contributed by atoms with Crippen molar-refractivity contribution in [2.24, 2.45) is 0 Å². The molecule has 0 aliphatic rings. The van der Waals surface area contributed by atoms with Crippen LogP contribution in [-0.2, 0) is 14.8 Å². The smallest absolute Gasteiger partial charge is 0.262 e. The molecule has 6 nitrogen and oxygen atoms in total. The van der Waals surface area contributed by atoms with Gasteiger partial charge in [-0.15, -0.1) is 0 Å². The van der Waals surface area contributed by atoms with Crippen LogP contribution in [0, 0.1) is 6.92 Å². The van der Waals surface area contributed by atoms with Gasteiger partial charge in [0, 0.05) is 18.7 Å². The molecule has 0 aliphatic carbocycles. The van der Waals surface area contributed by atoms with E-state index in [9.17, 15) is 13.2 Å². The van der Waals surface area contributed by atoms with Crippen molar-refractivity contribution in [1.82, 2.24) is 5.32 Å². The van der Waals surface area contributed by atoms with Crippen LogP contribution >= 0.6 is 11.6 Å². The van der Waals surface area contributed by atoms with E-state index in [-0.39, 0.29) is 16.1 Å². The van der Waals surface area contributed by atoms with Gasteiger partial charge in [0.2, 0.25) is 0 Å². The molecule has 25 heavy (non-hydrogen) atoms. The third kappa shape index (κ3) is 4.94. The van der Waals surface area contributed by atoms with E-state index in [0.29, 0.717) is 23.7 Å². The molecular formula is C17H19ClN2O4S. The maximum atomic E-state index is 12.7. The molecule has 0 aliphatic heterocycles. The third-order valence-corrected chi connectivity index (χ3v) is 5.21. The molecule has 2 aromatic rings. The maximum Gasteiger partial charge on any atom is 0.262 e. The summed E-state index contributed by atoms with van der Waals surface area (Å²) in [6.07, 6.45) is 0. The average Bonchev–Trinajstić information content (AvgIpc) is 2.55. The van der Waals surface area contributed by atoms with Crippen LogP contribution in [0.15, 0.2) is 47.4 Å². The van der Waals surface area contributed by atoms with Crippen LogP contribution < -0.4 is 10.0 Å². The van der Waals surface area contributed by atoms with E-state index in [1.165, 1.54) is 31.4 Å². The van der Waals surface area contributed by atoms with E-state index < -0.39 is 15.9 Å². The van der Waals surface area contributed by atoms with Gasteiger partial charge in [-0.05, 0) is 36.8 Å². The first-order valence-electron chi connectivity index (χ1n) is 7.50. The molecule has 134 valence electrons. The van der Waals surface area contributed by atoms with Crippen molar-refractivity contribution in [3.63, 3.8) is 0 Å². The average molecular weight is 383 g/mol. The quantitative estimate of drug-likeness (QED) is 0.721. The molecular weight excluding hydrogens is 364 g/mol. The molecule has 0 atom stereocenters. The fourth-order valence-corrected chi connectivity index (χ4v) is 3.71. The summed E-state index contributed by atoms with van der Waals surface area (Å²) in [5, 5.41) is 2.97. The highest BCUT2D eigenvalue weighted by atomic mass is 35.5. The van der Waals surface area contributed by atoms with E-state index in [0.717, 1.165) is 0 Å². The van der Waals surface area contributed by atoms with Crippen LogP contribution in [0.4, 0.5) is 5.69 Å². The summed E-state index contributed by atoms with van der Waals surface area (Å²) in [4.78, 5) is 12.4. The van der Waals surface area contributed by atoms with Gasteiger partial charge in [0.15, 0.2) is 0 Å². The van der Waals surface area contributed by atoms with Gasteiger partial charge in [-0.3, -0.25) is 9.52 Å². The molecule has 0 radical (unpaired) electrons. The highest BCUT2D eigenvalue weighted by molar-refractivity contribution is 7.92. The van der Waals surface area contributed by atoms with Crippen molar-refractivity contribution in [3.05, 3.63) is 58.6 Å². The summed E-state index contributed by atoms with van der Waals surface area (Å²) in [6, 6.07) is 11.0. The summed E-state index contributed by atoms with van der Waals surface area (Å²) in [7, 11) is -2.33. The van der Waals surface area contributed by atoms with Gasteiger partial charge >= 0.3 is 0 Å². The van der Waals surface area contributed by atoms with Crippen LogP contribution in [0.1, 0.15) is 15.9 Å². The van der Waals surface area contributed by atoms with Crippen LogP contribution in [0.3, 0.4) is 0 Å². The van der Waals surface area contributed by atoms with E-state index in [2.05, 4.69) is 10.0 Å². The third-order valence-electron chi connectivity index (χ3n) is 3.45. The topological polar surface area (TPSA) is 84.5 Å². The molecule has 0 heterocycles. The molecule has 0 fully saturated rings. The van der Waals surface area contributed by atoms with Crippen molar-refractivity contribution < 1.29 is 17.9 Å². The minimum Gasteiger partial charge on any atom is -0.383 e. The van der Waals surface area contributed by atoms with Crippen LogP contribution in [-0.4, -0.2) is 34.6 Å². The molecule has 2 rings (SSSR count). The van der Waals surface area contributed by atoms with Gasteiger partial charge in [0.25, 0.3) is 15.9 Å². The Balaban J connectivity index is 2.34. The van der Waals surface area contributed by atoms with Gasteiger partial charge in [-0.1, -0.05) is 29.8 Å². The second-order valence-corrected chi connectivity index (χ2v) is 7.40. The highest BCUT2D eigenvalue weighted by Gasteiger charge is 2.20. The molecule has 0 unspecified atom stereocenters. The zero-order valence-electron chi connectivity index (χ0n) is 13.9. The SMILES string of the molecule is COCCNC(=O)c1ccc(Cl)cc1NS(=O)(=O)c1ccccc1C. The van der Waals surface area contributed by atoms with Crippen LogP contribution in [0.2, 0.25) is 5.02 Å². The zero-order valence-corrected chi connectivity index (χ0v) is 15.4. The Morgan fingerprint density at radius 2 is 1.92 bits per heavy atom. The second kappa shape index (κ2) is 8.33. The lowest BCUT2D eigenvalue weighted by atomic mass is 10.1. The van der Waals surface area contributed by atoms with Gasteiger partial charge in [0.05, 0.1) is 22.8 Å². The molecule has 2 aromatic carbocycles. The summed E-state index contributed by atoms with van der Waals surface area (Å²) < 4.78 is 32.7. The van der Waals surface area contributed by atoms with E-state index >= 15 is 0 Å². The van der Waals surface area contributed by atoms with E-state index in [1.54, 1.807) is 25.1 Å². The number of carbonyl (C=O) groups excluding carboxylic acids is 1. The Bertz CT molecular complexity index is 869. The Morgan fingerprint density at radius 1 is 1.20 bits per heavy atom. The van der Waals surface area contributed by atoms with Crippen molar-refractivity contribution >= 4 is 33.2 Å². The van der Waals surface area contributed by atoms with E-state index in [1.807, 2.05) is 0 Å². The molecule has 1 amide bonds. The minimum atomic E-state index is -3.86. The highest BCUT2D eigenvalue weighted by Crippen LogP contribution is 2.25. The van der Waals surface area contributed by atoms with E-state index in [4.69, 9.17) is 16.3 Å². The molecule has 0 spiro atoms. The largest absolute Gasteiger partial charge is 0.383 e. The number of aryl methyl sites for hydroxylation is 1. The molecule has 0 bridgehead atoms. The number of carbonyl (C=O) groups is 1. The minimum absolute atomic E-state index is 0.116. The Hall–Kier alpha value is -2.09. The Labute approximate surface area is 152 Å².